The van der Waals surface area contributed by atoms with Gasteiger partial charge in [-0.15, -0.1) is 0 Å². The average molecular weight is 353 g/mol. The molecule has 4 nitrogen and oxygen atoms in total. The Morgan fingerprint density at radius 3 is 2.12 bits per heavy atom. The lowest BCUT2D eigenvalue weighted by molar-refractivity contribution is -0.172. The molecular formula is C21H36O4. The molecule has 0 aliphatic heterocycles. The Balaban J connectivity index is 1.83. The molecule has 0 atom stereocenters. The van der Waals surface area contributed by atoms with Crippen molar-refractivity contribution in [3.05, 3.63) is 0 Å². The third-order valence-electron chi connectivity index (χ3n) is 6.23. The van der Waals surface area contributed by atoms with Crippen molar-refractivity contribution < 1.29 is 19.4 Å². The molecule has 0 bridgehead atoms. The second kappa shape index (κ2) is 10.2. The molecule has 0 radical (unpaired) electrons. The third kappa shape index (κ3) is 6.31. The van der Waals surface area contributed by atoms with E-state index in [4.69, 9.17) is 9.84 Å². The summed E-state index contributed by atoms with van der Waals surface area (Å²) >= 11 is 0. The van der Waals surface area contributed by atoms with Crippen molar-refractivity contribution in [2.75, 3.05) is 0 Å². The zero-order valence-corrected chi connectivity index (χ0v) is 15.9. The molecule has 0 saturated heterocycles. The van der Waals surface area contributed by atoms with Gasteiger partial charge in [-0.05, 0) is 64.2 Å². The molecule has 25 heavy (non-hydrogen) atoms. The predicted molar refractivity (Wildman–Crippen MR) is 98.4 cm³/mol. The van der Waals surface area contributed by atoms with Crippen LogP contribution in [0.5, 0.6) is 0 Å². The first-order valence-electron chi connectivity index (χ1n) is 10.5. The maximum atomic E-state index is 12.7. The number of carboxylic acid groups (broad SMARTS) is 1. The Kier molecular flexibility index (Phi) is 8.25. The first kappa shape index (κ1) is 20.3. The Hall–Kier alpha value is -1.06. The van der Waals surface area contributed by atoms with Gasteiger partial charge in [0.05, 0.1) is 11.8 Å². The van der Waals surface area contributed by atoms with E-state index < -0.39 is 5.97 Å². The van der Waals surface area contributed by atoms with Crippen LogP contribution in [0, 0.1) is 11.8 Å². The molecule has 144 valence electrons. The summed E-state index contributed by atoms with van der Waals surface area (Å²) in [5.41, 5.74) is -0.231. The number of hydrogen-bond donors (Lipinski definition) is 1. The SMILES string of the molecule is CCCCCCCC1(OC(=O)C2CCC(C(=O)O)CC2)CCCCC1. The topological polar surface area (TPSA) is 63.6 Å². The first-order valence-corrected chi connectivity index (χ1v) is 10.5. The lowest BCUT2D eigenvalue weighted by atomic mass is 9.79. The number of esters is 1. The second-order valence-electron chi connectivity index (χ2n) is 8.22. The zero-order valence-electron chi connectivity index (χ0n) is 15.9. The van der Waals surface area contributed by atoms with Gasteiger partial charge in [-0.1, -0.05) is 39.0 Å². The van der Waals surface area contributed by atoms with E-state index in [0.29, 0.717) is 25.7 Å². The van der Waals surface area contributed by atoms with E-state index in [1.54, 1.807) is 0 Å². The highest BCUT2D eigenvalue weighted by atomic mass is 16.6. The van der Waals surface area contributed by atoms with Crippen LogP contribution in [0.2, 0.25) is 0 Å². The summed E-state index contributed by atoms with van der Waals surface area (Å²) in [5, 5.41) is 9.11. The van der Waals surface area contributed by atoms with Crippen LogP contribution in [-0.4, -0.2) is 22.6 Å². The molecular weight excluding hydrogens is 316 g/mol. The van der Waals surface area contributed by atoms with E-state index in [-0.39, 0.29) is 23.4 Å². The summed E-state index contributed by atoms with van der Waals surface area (Å²) in [6, 6.07) is 0. The Morgan fingerprint density at radius 2 is 1.52 bits per heavy atom. The number of unbranched alkanes of at least 4 members (excludes halogenated alkanes) is 4. The number of carbonyl (C=O) groups excluding carboxylic acids is 1. The lowest BCUT2D eigenvalue weighted by Gasteiger charge is -2.38. The van der Waals surface area contributed by atoms with Gasteiger partial charge in [0.15, 0.2) is 0 Å². The summed E-state index contributed by atoms with van der Waals surface area (Å²) < 4.78 is 6.13. The van der Waals surface area contributed by atoms with Crippen LogP contribution in [0.4, 0.5) is 0 Å². The van der Waals surface area contributed by atoms with E-state index in [1.165, 1.54) is 32.1 Å². The van der Waals surface area contributed by atoms with E-state index in [2.05, 4.69) is 6.92 Å². The van der Waals surface area contributed by atoms with Gasteiger partial charge in [-0.25, -0.2) is 0 Å². The normalized spacial score (nSPS) is 26.1. The van der Waals surface area contributed by atoms with Crippen molar-refractivity contribution in [3.63, 3.8) is 0 Å². The van der Waals surface area contributed by atoms with Crippen LogP contribution in [0.15, 0.2) is 0 Å². The fraction of sp³-hybridized carbons (Fsp3) is 0.905. The summed E-state index contributed by atoms with van der Waals surface area (Å²) in [4.78, 5) is 23.8. The van der Waals surface area contributed by atoms with Gasteiger partial charge in [0.25, 0.3) is 0 Å². The van der Waals surface area contributed by atoms with Crippen LogP contribution in [0.1, 0.15) is 103 Å². The van der Waals surface area contributed by atoms with Crippen molar-refractivity contribution in [1.82, 2.24) is 0 Å². The Labute approximate surface area is 152 Å². The zero-order chi connectivity index (χ0) is 18.1. The molecule has 0 amide bonds. The number of hydrogen-bond acceptors (Lipinski definition) is 3. The number of aliphatic carboxylic acids is 1. The molecule has 2 aliphatic carbocycles. The van der Waals surface area contributed by atoms with Gasteiger partial charge < -0.3 is 9.84 Å². The van der Waals surface area contributed by atoms with Crippen LogP contribution in [-0.2, 0) is 14.3 Å². The monoisotopic (exact) mass is 352 g/mol. The Bertz CT molecular complexity index is 418. The highest BCUT2D eigenvalue weighted by molar-refractivity contribution is 5.74. The van der Waals surface area contributed by atoms with Crippen LogP contribution >= 0.6 is 0 Å². The Morgan fingerprint density at radius 1 is 0.920 bits per heavy atom. The number of carboxylic acids is 1. The van der Waals surface area contributed by atoms with Crippen LogP contribution in [0.25, 0.3) is 0 Å². The molecule has 2 rings (SSSR count). The van der Waals surface area contributed by atoms with Crippen LogP contribution < -0.4 is 0 Å². The average Bonchev–Trinajstić information content (AvgIpc) is 2.62. The van der Waals surface area contributed by atoms with Crippen molar-refractivity contribution in [2.45, 2.75) is 109 Å². The highest BCUT2D eigenvalue weighted by Crippen LogP contribution is 2.38. The van der Waals surface area contributed by atoms with Gasteiger partial charge in [-0.2, -0.15) is 0 Å². The van der Waals surface area contributed by atoms with Gasteiger partial charge in [0, 0.05) is 0 Å². The smallest absolute Gasteiger partial charge is 0.309 e. The van der Waals surface area contributed by atoms with Gasteiger partial charge in [0.2, 0.25) is 0 Å². The molecule has 1 N–H and O–H groups in total. The van der Waals surface area contributed by atoms with Gasteiger partial charge >= 0.3 is 11.9 Å². The molecule has 0 aromatic rings. The first-order chi connectivity index (χ1) is 12.1. The highest BCUT2D eigenvalue weighted by Gasteiger charge is 2.38. The van der Waals surface area contributed by atoms with E-state index in [9.17, 15) is 9.59 Å². The molecule has 0 unspecified atom stereocenters. The number of rotatable bonds is 9. The van der Waals surface area contributed by atoms with E-state index in [0.717, 1.165) is 38.5 Å². The summed E-state index contributed by atoms with van der Waals surface area (Å²) in [5.74, 6) is -1.14. The van der Waals surface area contributed by atoms with E-state index >= 15 is 0 Å². The summed E-state index contributed by atoms with van der Waals surface area (Å²) in [6.07, 6.45) is 15.4. The molecule has 0 spiro atoms. The minimum atomic E-state index is -0.720. The molecule has 0 aromatic carbocycles. The fourth-order valence-corrected chi connectivity index (χ4v) is 4.52. The minimum absolute atomic E-state index is 0.0562. The summed E-state index contributed by atoms with van der Waals surface area (Å²) in [7, 11) is 0. The molecule has 2 aliphatic rings. The standard InChI is InChI=1S/C21H36O4/c1-2-3-4-5-7-14-21(15-8-6-9-16-21)25-20(24)18-12-10-17(11-13-18)19(22)23/h17-18H,2-16H2,1H3,(H,22,23). The molecule has 4 heteroatoms. The van der Waals surface area contributed by atoms with Gasteiger partial charge in [-0.3, -0.25) is 9.59 Å². The third-order valence-corrected chi connectivity index (χ3v) is 6.23. The fourth-order valence-electron chi connectivity index (χ4n) is 4.52. The second-order valence-corrected chi connectivity index (χ2v) is 8.22. The maximum Gasteiger partial charge on any atom is 0.309 e. The van der Waals surface area contributed by atoms with Crippen LogP contribution in [0.3, 0.4) is 0 Å². The van der Waals surface area contributed by atoms with Crippen molar-refractivity contribution in [3.8, 4) is 0 Å². The molecule has 0 heterocycles. The molecule has 2 saturated carbocycles. The van der Waals surface area contributed by atoms with Crippen molar-refractivity contribution >= 4 is 11.9 Å². The predicted octanol–water partition coefficient (Wildman–Crippen LogP) is 5.48. The molecule has 0 aromatic heterocycles. The maximum absolute atomic E-state index is 12.7. The van der Waals surface area contributed by atoms with Crippen molar-refractivity contribution in [1.29, 1.82) is 0 Å². The number of carbonyl (C=O) groups is 2. The largest absolute Gasteiger partial charge is 0.481 e. The minimum Gasteiger partial charge on any atom is -0.481 e. The van der Waals surface area contributed by atoms with Crippen molar-refractivity contribution in [2.24, 2.45) is 11.8 Å². The summed E-state index contributed by atoms with van der Waals surface area (Å²) in [6.45, 7) is 2.23. The van der Waals surface area contributed by atoms with E-state index in [1.807, 2.05) is 0 Å². The lowest BCUT2D eigenvalue weighted by Crippen LogP contribution is -2.40. The quantitative estimate of drug-likeness (QED) is 0.440. The number of ether oxygens (including phenoxy) is 1. The van der Waals surface area contributed by atoms with Gasteiger partial charge in [0.1, 0.15) is 5.60 Å². The molecule has 2 fully saturated rings.